The molecule has 0 spiro atoms. The van der Waals surface area contributed by atoms with E-state index in [9.17, 15) is 4.79 Å². The second kappa shape index (κ2) is 10.0. The van der Waals surface area contributed by atoms with E-state index in [4.69, 9.17) is 4.43 Å². The van der Waals surface area contributed by atoms with Gasteiger partial charge in [-0.3, -0.25) is 4.79 Å². The Morgan fingerprint density at radius 2 is 1.17 bits per heavy atom. The van der Waals surface area contributed by atoms with Crippen molar-refractivity contribution in [2.75, 3.05) is 0 Å². The Bertz CT molecular complexity index is 1140. The molecule has 0 aromatic heterocycles. The molecule has 3 rings (SSSR count). The third kappa shape index (κ3) is 5.39. The number of fused-ring (bicyclic) bond motifs is 1. The molecule has 0 aliphatic rings. The van der Waals surface area contributed by atoms with Crippen LogP contribution < -0.4 is 0 Å². The Morgan fingerprint density at radius 3 is 1.69 bits per heavy atom. The van der Waals surface area contributed by atoms with Crippen LogP contribution in [0.1, 0.15) is 22.0 Å². The first kappa shape index (κ1) is 27.9. The lowest BCUT2D eigenvalue weighted by molar-refractivity contribution is 0.0632. The van der Waals surface area contributed by atoms with Crippen molar-refractivity contribution in [3.63, 3.8) is 0 Å². The number of hydrogen-bond donors (Lipinski definition) is 0. The molecular weight excluding hydrogens is 500 g/mol. The van der Waals surface area contributed by atoms with Crippen LogP contribution in [0.2, 0.25) is 58.9 Å². The summed E-state index contributed by atoms with van der Waals surface area (Å²) in [5.41, 5.74) is 1.17. The lowest BCUT2D eigenvalue weighted by Crippen LogP contribution is -2.84. The molecule has 0 bridgehead atoms. The number of halogens is 1. The van der Waals surface area contributed by atoms with Crippen molar-refractivity contribution < 1.29 is 13.6 Å². The van der Waals surface area contributed by atoms with E-state index in [1.807, 2.05) is 42.5 Å². The van der Waals surface area contributed by atoms with Crippen molar-refractivity contribution >= 4 is 46.2 Å². The van der Waals surface area contributed by atoms with Crippen molar-refractivity contribution in [3.8, 4) is 0 Å². The molecule has 0 N–H and O–H groups in total. The van der Waals surface area contributed by atoms with Crippen molar-refractivity contribution in [1.29, 1.82) is 0 Å². The summed E-state index contributed by atoms with van der Waals surface area (Å²) in [5, 5.41) is 2.14. The Balaban J connectivity index is 2.24. The van der Waals surface area contributed by atoms with Crippen LogP contribution in [0.5, 0.6) is 0 Å². The summed E-state index contributed by atoms with van der Waals surface area (Å²) >= 11 is 0. The van der Waals surface area contributed by atoms with Crippen molar-refractivity contribution in [3.05, 3.63) is 83.9 Å². The van der Waals surface area contributed by atoms with E-state index in [1.165, 1.54) is 0 Å². The third-order valence-electron chi connectivity index (χ3n) is 7.15. The highest BCUT2D eigenvalue weighted by Crippen LogP contribution is 2.43. The van der Waals surface area contributed by atoms with E-state index >= 15 is 4.39 Å². The van der Waals surface area contributed by atoms with E-state index in [1.54, 1.807) is 24.3 Å². The molecule has 188 valence electrons. The zero-order chi connectivity index (χ0) is 26.2. The predicted octanol–water partition coefficient (Wildman–Crippen LogP) is 8.31. The average molecular weight is 541 g/mol. The standard InChI is InChI=1S/C28H41FO2Si4/c1-32(2,3)35(33(4,5)6,34(7,8)9)31-28(26(29)27(30)23-16-11-10-12-17-23)25-20-19-22-15-13-14-18-24(22)21-25/h10-21,26,28H,1-9H3. The largest absolute Gasteiger partial charge is 0.416 e. The van der Waals surface area contributed by atoms with Crippen LogP contribution in [0, 0.1) is 0 Å². The molecule has 0 fully saturated rings. The smallest absolute Gasteiger partial charge is 0.199 e. The molecule has 0 aliphatic carbocycles. The van der Waals surface area contributed by atoms with Crippen LogP contribution in [0.15, 0.2) is 72.8 Å². The second-order valence-electron chi connectivity index (χ2n) is 12.7. The highest BCUT2D eigenvalue weighted by molar-refractivity contribution is 7.87. The van der Waals surface area contributed by atoms with Gasteiger partial charge in [0.2, 0.25) is 0 Å². The average Bonchev–Trinajstić information content (AvgIpc) is 2.76. The molecule has 0 radical (unpaired) electrons. The molecule has 0 heterocycles. The summed E-state index contributed by atoms with van der Waals surface area (Å²) in [6, 6.07) is 23.0. The van der Waals surface area contributed by atoms with Gasteiger partial charge in [-0.1, -0.05) is 126 Å². The topological polar surface area (TPSA) is 26.3 Å². The summed E-state index contributed by atoms with van der Waals surface area (Å²) in [5.74, 6) is -0.492. The van der Waals surface area contributed by atoms with Crippen molar-refractivity contribution in [2.24, 2.45) is 0 Å². The fourth-order valence-corrected chi connectivity index (χ4v) is 100. The highest BCUT2D eigenvalue weighted by Gasteiger charge is 2.65. The minimum Gasteiger partial charge on any atom is -0.416 e. The third-order valence-corrected chi connectivity index (χ3v) is 74.7. The van der Waals surface area contributed by atoms with Gasteiger partial charge in [-0.25, -0.2) is 4.39 Å². The Hall–Kier alpha value is -1.65. The summed E-state index contributed by atoms with van der Waals surface area (Å²) in [7, 11) is -5.56. The molecule has 0 saturated heterocycles. The number of hydrogen-bond acceptors (Lipinski definition) is 2. The van der Waals surface area contributed by atoms with Crippen LogP contribution >= 0.6 is 0 Å². The van der Waals surface area contributed by atoms with Gasteiger partial charge >= 0.3 is 0 Å². The zero-order valence-corrected chi connectivity index (χ0v) is 26.8. The predicted molar refractivity (Wildman–Crippen MR) is 159 cm³/mol. The van der Waals surface area contributed by atoms with Crippen molar-refractivity contribution in [1.82, 2.24) is 0 Å². The van der Waals surface area contributed by atoms with Crippen LogP contribution in [-0.4, -0.2) is 41.6 Å². The first-order chi connectivity index (χ1) is 16.1. The molecule has 7 heteroatoms. The Morgan fingerprint density at radius 1 is 0.686 bits per heavy atom. The lowest BCUT2D eigenvalue weighted by Gasteiger charge is -2.57. The maximum atomic E-state index is 16.5. The van der Waals surface area contributed by atoms with Gasteiger partial charge in [-0.05, 0) is 22.4 Å². The Kier molecular flexibility index (Phi) is 7.99. The Labute approximate surface area is 214 Å². The summed E-state index contributed by atoms with van der Waals surface area (Å²) in [6.45, 7) is 19.3. The van der Waals surface area contributed by atoms with Crippen LogP contribution in [-0.2, 0) is 4.43 Å². The molecule has 35 heavy (non-hydrogen) atoms. The number of Topliss-reactive ketones (excluding diaryl/α,β-unsaturated/α-hetero) is 1. The molecule has 2 atom stereocenters. The van der Waals surface area contributed by atoms with E-state index in [-0.39, 0.29) is 0 Å². The fraction of sp³-hybridized carbons (Fsp3) is 0.393. The number of carbonyl (C=O) groups excluding carboxylic acids is 1. The van der Waals surface area contributed by atoms with Crippen LogP contribution in [0.4, 0.5) is 4.39 Å². The van der Waals surface area contributed by atoms with Crippen molar-refractivity contribution in [2.45, 2.75) is 71.2 Å². The molecule has 3 aromatic carbocycles. The van der Waals surface area contributed by atoms with Gasteiger partial charge in [0, 0.05) is 5.56 Å². The molecule has 0 saturated carbocycles. The molecule has 0 aliphatic heterocycles. The summed E-state index contributed by atoms with van der Waals surface area (Å²) in [4.78, 5) is 13.5. The van der Waals surface area contributed by atoms with Gasteiger partial charge in [0.05, 0.1) is 22.8 Å². The fourth-order valence-electron chi connectivity index (χ4n) is 6.68. The van der Waals surface area contributed by atoms with E-state index < -0.39 is 47.7 Å². The van der Waals surface area contributed by atoms with Gasteiger partial charge in [-0.15, -0.1) is 0 Å². The summed E-state index contributed by atoms with van der Waals surface area (Å²) in [6.07, 6.45) is -2.65. The number of rotatable bonds is 9. The number of carbonyl (C=O) groups is 1. The minimum absolute atomic E-state index is 0.399. The number of ketones is 1. The SMILES string of the molecule is C[Si](C)(C)[Si](OC(c1ccc2ccccc2c1)C(F)C(=O)c1ccccc1)([Si](C)(C)C)[Si](C)(C)C. The normalized spacial score (nSPS) is 15.1. The van der Waals surface area contributed by atoms with E-state index in [0.717, 1.165) is 16.3 Å². The first-order valence-corrected chi connectivity index (χ1v) is 27.9. The van der Waals surface area contributed by atoms with E-state index in [0.29, 0.717) is 5.56 Å². The molecular formula is C28H41FO2Si4. The maximum absolute atomic E-state index is 16.5. The quantitative estimate of drug-likeness (QED) is 0.201. The molecule has 2 unspecified atom stereocenters. The van der Waals surface area contributed by atoms with Gasteiger partial charge in [-0.2, -0.15) is 0 Å². The highest BCUT2D eigenvalue weighted by atomic mass is 29.9. The molecule has 2 nitrogen and oxygen atoms in total. The molecule has 0 amide bonds. The van der Waals surface area contributed by atoms with Gasteiger partial charge in [0.25, 0.3) is 0 Å². The zero-order valence-electron chi connectivity index (χ0n) is 22.8. The molecule has 3 aromatic rings. The minimum atomic E-state index is -2.40. The monoisotopic (exact) mass is 540 g/mol. The maximum Gasteiger partial charge on any atom is 0.199 e. The van der Waals surface area contributed by atoms with Gasteiger partial charge < -0.3 is 4.43 Å². The number of benzene rings is 3. The van der Waals surface area contributed by atoms with Crippen LogP contribution in [0.25, 0.3) is 10.8 Å². The summed E-state index contributed by atoms with van der Waals surface area (Å²) < 4.78 is 23.9. The number of alkyl halides is 1. The van der Waals surface area contributed by atoms with Crippen LogP contribution in [0.3, 0.4) is 0 Å². The lowest BCUT2D eigenvalue weighted by atomic mass is 9.96. The first-order valence-electron chi connectivity index (χ1n) is 12.5. The van der Waals surface area contributed by atoms with Gasteiger partial charge in [0.1, 0.15) is 6.10 Å². The van der Waals surface area contributed by atoms with Gasteiger partial charge in [0.15, 0.2) is 18.8 Å². The van der Waals surface area contributed by atoms with E-state index in [2.05, 4.69) is 65.0 Å². The second-order valence-corrected chi connectivity index (χ2v) is 52.1.